The quantitative estimate of drug-likeness (QED) is 0.870. The van der Waals surface area contributed by atoms with Crippen LogP contribution in [-0.2, 0) is 0 Å². The van der Waals surface area contributed by atoms with Gasteiger partial charge < -0.3 is 9.72 Å². The Morgan fingerprint density at radius 2 is 2.19 bits per heavy atom. The maximum absolute atomic E-state index is 4.72. The first-order valence-electron chi connectivity index (χ1n) is 5.68. The van der Waals surface area contributed by atoms with E-state index in [1.807, 2.05) is 12.1 Å². The molecule has 2 aromatic rings. The van der Waals surface area contributed by atoms with Crippen molar-refractivity contribution in [3.8, 4) is 0 Å². The van der Waals surface area contributed by atoms with Crippen LogP contribution in [0.15, 0.2) is 29.0 Å². The van der Waals surface area contributed by atoms with Crippen LogP contribution in [0.4, 0.5) is 0 Å². The van der Waals surface area contributed by atoms with E-state index in [4.69, 9.17) is 4.98 Å². The number of rotatable bonds is 1. The topological polar surface area (TPSA) is 29.3 Å². The smallest absolute Gasteiger partial charge is 0.151 e. The Labute approximate surface area is 103 Å². The molecule has 1 aliphatic rings. The van der Waals surface area contributed by atoms with Crippen LogP contribution >= 0.6 is 15.9 Å². The average Bonchev–Trinajstić information content (AvgIpc) is 2.76. The summed E-state index contributed by atoms with van der Waals surface area (Å²) in [6, 6.07) is 4.07. The minimum atomic E-state index is 0.619. The first-order valence-corrected chi connectivity index (χ1v) is 6.48. The molecule has 0 spiro atoms. The zero-order chi connectivity index (χ0) is 11.0. The van der Waals surface area contributed by atoms with Crippen molar-refractivity contribution >= 4 is 21.6 Å². The molecule has 1 N–H and O–H groups in total. The number of aromatic nitrogens is 2. The van der Waals surface area contributed by atoms with Crippen LogP contribution in [-0.4, -0.2) is 22.5 Å². The number of nitrogens with zero attached hydrogens (tertiary/aromatic N) is 2. The Morgan fingerprint density at radius 3 is 2.94 bits per heavy atom. The minimum absolute atomic E-state index is 0.619. The van der Waals surface area contributed by atoms with Gasteiger partial charge in [-0.1, -0.05) is 0 Å². The third-order valence-electron chi connectivity index (χ3n) is 3.21. The molecule has 3 nitrogen and oxygen atoms in total. The third kappa shape index (κ3) is 1.76. The van der Waals surface area contributed by atoms with Crippen molar-refractivity contribution in [3.05, 3.63) is 34.7 Å². The van der Waals surface area contributed by atoms with E-state index < -0.39 is 0 Å². The van der Waals surface area contributed by atoms with Crippen molar-refractivity contribution in [2.24, 2.45) is 0 Å². The van der Waals surface area contributed by atoms with Crippen molar-refractivity contribution in [2.45, 2.75) is 18.8 Å². The fraction of sp³-hybridized carbons (Fsp3) is 0.417. The molecule has 16 heavy (non-hydrogen) atoms. The Bertz CT molecular complexity index is 500. The van der Waals surface area contributed by atoms with Gasteiger partial charge in [0.15, 0.2) is 5.65 Å². The van der Waals surface area contributed by atoms with Gasteiger partial charge in [0.05, 0.1) is 10.2 Å². The summed E-state index contributed by atoms with van der Waals surface area (Å²) in [5.41, 5.74) is 2.25. The highest BCUT2D eigenvalue weighted by Gasteiger charge is 2.18. The molecule has 0 aliphatic carbocycles. The summed E-state index contributed by atoms with van der Waals surface area (Å²) in [6.07, 6.45) is 6.61. The highest BCUT2D eigenvalue weighted by atomic mass is 79.9. The second-order valence-electron chi connectivity index (χ2n) is 4.28. The van der Waals surface area contributed by atoms with Crippen molar-refractivity contribution < 1.29 is 0 Å². The van der Waals surface area contributed by atoms with Crippen LogP contribution < -0.4 is 5.32 Å². The third-order valence-corrected chi connectivity index (χ3v) is 3.83. The molecule has 3 rings (SSSR count). The van der Waals surface area contributed by atoms with Gasteiger partial charge in [-0.05, 0) is 54.0 Å². The van der Waals surface area contributed by atoms with Gasteiger partial charge in [-0.3, -0.25) is 0 Å². The second-order valence-corrected chi connectivity index (χ2v) is 5.13. The molecule has 1 fully saturated rings. The largest absolute Gasteiger partial charge is 0.317 e. The Morgan fingerprint density at radius 1 is 1.38 bits per heavy atom. The van der Waals surface area contributed by atoms with Crippen LogP contribution in [0, 0.1) is 0 Å². The molecule has 0 saturated carbocycles. The van der Waals surface area contributed by atoms with Crippen LogP contribution in [0.1, 0.15) is 24.5 Å². The van der Waals surface area contributed by atoms with Gasteiger partial charge >= 0.3 is 0 Å². The van der Waals surface area contributed by atoms with E-state index in [1.54, 1.807) is 0 Å². The Balaban J connectivity index is 2.01. The van der Waals surface area contributed by atoms with Crippen LogP contribution in [0.2, 0.25) is 0 Å². The van der Waals surface area contributed by atoms with Gasteiger partial charge in [-0.25, -0.2) is 4.98 Å². The predicted molar refractivity (Wildman–Crippen MR) is 67.7 cm³/mol. The number of nitrogens with one attached hydrogen (secondary N) is 1. The molecule has 2 aromatic heterocycles. The van der Waals surface area contributed by atoms with Crippen LogP contribution in [0.25, 0.3) is 5.65 Å². The maximum atomic E-state index is 4.72. The fourth-order valence-electron chi connectivity index (χ4n) is 2.31. The highest BCUT2D eigenvalue weighted by molar-refractivity contribution is 9.10. The van der Waals surface area contributed by atoms with E-state index in [-0.39, 0.29) is 0 Å². The molecule has 0 amide bonds. The molecule has 0 bridgehead atoms. The van der Waals surface area contributed by atoms with Gasteiger partial charge in [0.1, 0.15) is 0 Å². The lowest BCUT2D eigenvalue weighted by atomic mass is 9.95. The van der Waals surface area contributed by atoms with Crippen LogP contribution in [0.3, 0.4) is 0 Å². The molecule has 0 atom stereocenters. The normalized spacial score (nSPS) is 18.1. The van der Waals surface area contributed by atoms with Gasteiger partial charge in [0, 0.05) is 18.3 Å². The summed E-state index contributed by atoms with van der Waals surface area (Å²) in [5.74, 6) is 0.619. The molecule has 1 saturated heterocycles. The van der Waals surface area contributed by atoms with Crippen LogP contribution in [0.5, 0.6) is 0 Å². The summed E-state index contributed by atoms with van der Waals surface area (Å²) in [7, 11) is 0. The molecule has 0 aromatic carbocycles. The van der Waals surface area contributed by atoms with E-state index in [2.05, 4.69) is 38.0 Å². The number of halogens is 1. The highest BCUT2D eigenvalue weighted by Crippen LogP contribution is 2.26. The van der Waals surface area contributed by atoms with E-state index >= 15 is 0 Å². The monoisotopic (exact) mass is 279 g/mol. The van der Waals surface area contributed by atoms with Crippen molar-refractivity contribution in [2.75, 3.05) is 13.1 Å². The summed E-state index contributed by atoms with van der Waals surface area (Å²) in [5, 5.41) is 3.39. The first kappa shape index (κ1) is 10.3. The van der Waals surface area contributed by atoms with Gasteiger partial charge in [0.2, 0.25) is 0 Å². The minimum Gasteiger partial charge on any atom is -0.317 e. The molecule has 0 radical (unpaired) electrons. The number of piperidine rings is 1. The number of hydrogen-bond donors (Lipinski definition) is 1. The SMILES string of the molecule is Brc1cccn2cc(C3CCNCC3)nc12. The standard InChI is InChI=1S/C12H14BrN3/c13-10-2-1-7-16-8-11(15-12(10)16)9-3-5-14-6-4-9/h1-2,7-9,14H,3-6H2. The lowest BCUT2D eigenvalue weighted by Crippen LogP contribution is -2.26. The average molecular weight is 280 g/mol. The van der Waals surface area contributed by atoms with E-state index in [0.717, 1.165) is 23.2 Å². The molecule has 1 aliphatic heterocycles. The lowest BCUT2D eigenvalue weighted by molar-refractivity contribution is 0.454. The van der Waals surface area contributed by atoms with E-state index in [1.165, 1.54) is 18.5 Å². The number of pyridine rings is 1. The maximum Gasteiger partial charge on any atom is 0.151 e. The van der Waals surface area contributed by atoms with Gasteiger partial charge in [0.25, 0.3) is 0 Å². The van der Waals surface area contributed by atoms with E-state index in [0.29, 0.717) is 5.92 Å². The molecular formula is C12H14BrN3. The molecule has 3 heterocycles. The summed E-state index contributed by atoms with van der Waals surface area (Å²) in [6.45, 7) is 2.22. The molecule has 0 unspecified atom stereocenters. The molecule has 84 valence electrons. The van der Waals surface area contributed by atoms with Crippen molar-refractivity contribution in [1.82, 2.24) is 14.7 Å². The predicted octanol–water partition coefficient (Wildman–Crippen LogP) is 2.56. The number of fused-ring (bicyclic) bond motifs is 1. The number of hydrogen-bond acceptors (Lipinski definition) is 2. The zero-order valence-electron chi connectivity index (χ0n) is 8.99. The molecule has 4 heteroatoms. The van der Waals surface area contributed by atoms with Crippen molar-refractivity contribution in [1.29, 1.82) is 0 Å². The Kier molecular flexibility index (Phi) is 2.69. The summed E-state index contributed by atoms with van der Waals surface area (Å²) < 4.78 is 3.16. The van der Waals surface area contributed by atoms with Crippen molar-refractivity contribution in [3.63, 3.8) is 0 Å². The lowest BCUT2D eigenvalue weighted by Gasteiger charge is -2.20. The fourth-order valence-corrected chi connectivity index (χ4v) is 2.76. The summed E-state index contributed by atoms with van der Waals surface area (Å²) in [4.78, 5) is 4.72. The molecular weight excluding hydrogens is 266 g/mol. The number of imidazole rings is 1. The van der Waals surface area contributed by atoms with E-state index in [9.17, 15) is 0 Å². The second kappa shape index (κ2) is 4.18. The van der Waals surface area contributed by atoms with Gasteiger partial charge in [-0.15, -0.1) is 0 Å². The Hall–Kier alpha value is -0.870. The summed E-state index contributed by atoms with van der Waals surface area (Å²) >= 11 is 3.54. The van der Waals surface area contributed by atoms with Gasteiger partial charge in [-0.2, -0.15) is 0 Å². The first-order chi connectivity index (χ1) is 7.84. The zero-order valence-corrected chi connectivity index (χ0v) is 10.6.